The maximum absolute atomic E-state index is 13.7. The van der Waals surface area contributed by atoms with Crippen LogP contribution in [-0.2, 0) is 4.74 Å². The third-order valence-electron chi connectivity index (χ3n) is 2.66. The lowest BCUT2D eigenvalue weighted by Gasteiger charge is -2.11. The highest BCUT2D eigenvalue weighted by molar-refractivity contribution is 5.82. The number of hydrogen-bond acceptors (Lipinski definition) is 5. The van der Waals surface area contributed by atoms with E-state index in [9.17, 15) is 14.5 Å². The molecule has 0 bridgehead atoms. The van der Waals surface area contributed by atoms with Crippen molar-refractivity contribution in [3.63, 3.8) is 0 Å². The molecule has 0 saturated heterocycles. The second-order valence-electron chi connectivity index (χ2n) is 3.94. The summed E-state index contributed by atoms with van der Waals surface area (Å²) in [5.74, 6) is -0.257. The molecule has 18 heavy (non-hydrogen) atoms. The average molecular weight is 253 g/mol. The van der Waals surface area contributed by atoms with Crippen molar-refractivity contribution in [1.29, 1.82) is 0 Å². The average Bonchev–Trinajstić information content (AvgIpc) is 2.54. The van der Waals surface area contributed by atoms with Crippen molar-refractivity contribution >= 4 is 11.5 Å². The van der Waals surface area contributed by atoms with Gasteiger partial charge in [0, 0.05) is 24.3 Å². The molecule has 1 heterocycles. The van der Waals surface area contributed by atoms with E-state index in [4.69, 9.17) is 10.5 Å². The SMILES string of the molecule is NC1=NC(c2cc([N+](=O)[O-])ccc2F)CCOC1. The number of halogens is 1. The van der Waals surface area contributed by atoms with Crippen molar-refractivity contribution in [3.05, 3.63) is 39.7 Å². The predicted molar refractivity (Wildman–Crippen MR) is 62.9 cm³/mol. The van der Waals surface area contributed by atoms with Crippen LogP contribution >= 0.6 is 0 Å². The Labute approximate surface area is 102 Å². The van der Waals surface area contributed by atoms with Gasteiger partial charge in [0.15, 0.2) is 0 Å². The van der Waals surface area contributed by atoms with Crippen LogP contribution in [0.4, 0.5) is 10.1 Å². The van der Waals surface area contributed by atoms with Gasteiger partial charge in [-0.15, -0.1) is 0 Å². The summed E-state index contributed by atoms with van der Waals surface area (Å²) in [5, 5.41) is 10.7. The molecule has 0 saturated carbocycles. The molecule has 96 valence electrons. The second-order valence-corrected chi connectivity index (χ2v) is 3.94. The highest BCUT2D eigenvalue weighted by atomic mass is 19.1. The number of rotatable bonds is 2. The van der Waals surface area contributed by atoms with Crippen LogP contribution in [0.15, 0.2) is 23.2 Å². The number of non-ortho nitro benzene ring substituents is 1. The molecule has 0 radical (unpaired) electrons. The number of nitrogens with two attached hydrogens (primary N) is 1. The van der Waals surface area contributed by atoms with E-state index >= 15 is 0 Å². The van der Waals surface area contributed by atoms with Crippen LogP contribution in [0.3, 0.4) is 0 Å². The van der Waals surface area contributed by atoms with Crippen LogP contribution in [-0.4, -0.2) is 24.0 Å². The van der Waals surface area contributed by atoms with E-state index in [1.165, 1.54) is 6.07 Å². The van der Waals surface area contributed by atoms with Gasteiger partial charge in [-0.25, -0.2) is 4.39 Å². The van der Waals surface area contributed by atoms with Crippen LogP contribution in [0.5, 0.6) is 0 Å². The Bertz CT molecular complexity index is 504. The number of hydrogen-bond donors (Lipinski definition) is 1. The van der Waals surface area contributed by atoms with Crippen molar-refractivity contribution in [2.75, 3.05) is 13.2 Å². The molecular weight excluding hydrogens is 241 g/mol. The molecule has 1 aliphatic heterocycles. The van der Waals surface area contributed by atoms with Crippen molar-refractivity contribution in [2.24, 2.45) is 10.7 Å². The number of benzene rings is 1. The second kappa shape index (κ2) is 5.09. The van der Waals surface area contributed by atoms with Gasteiger partial charge < -0.3 is 10.5 Å². The first-order chi connectivity index (χ1) is 8.58. The standard InChI is InChI=1S/C11H12FN3O3/c12-9-2-1-7(15(16)17)5-8(9)10-3-4-18-6-11(13)14-10/h1-2,5,10H,3-4,6H2,(H2,13,14). The number of nitrogens with zero attached hydrogens (tertiary/aromatic N) is 2. The molecule has 0 aliphatic carbocycles. The van der Waals surface area contributed by atoms with Gasteiger partial charge in [-0.1, -0.05) is 0 Å². The van der Waals surface area contributed by atoms with Gasteiger partial charge in [0.05, 0.1) is 11.0 Å². The Morgan fingerprint density at radius 2 is 2.33 bits per heavy atom. The first kappa shape index (κ1) is 12.4. The Hall–Kier alpha value is -2.02. The summed E-state index contributed by atoms with van der Waals surface area (Å²) in [6, 6.07) is 2.86. The van der Waals surface area contributed by atoms with E-state index in [2.05, 4.69) is 4.99 Å². The largest absolute Gasteiger partial charge is 0.386 e. The van der Waals surface area contributed by atoms with Crippen LogP contribution in [0.1, 0.15) is 18.0 Å². The molecule has 0 amide bonds. The van der Waals surface area contributed by atoms with E-state index in [0.29, 0.717) is 13.0 Å². The van der Waals surface area contributed by atoms with E-state index in [1.54, 1.807) is 0 Å². The monoisotopic (exact) mass is 253 g/mol. The molecule has 2 rings (SSSR count). The minimum absolute atomic E-state index is 0.162. The normalized spacial score (nSPS) is 20.1. The molecule has 0 spiro atoms. The Morgan fingerprint density at radius 3 is 3.06 bits per heavy atom. The fraction of sp³-hybridized carbons (Fsp3) is 0.364. The molecular formula is C11H12FN3O3. The number of aliphatic imine (C=N–C) groups is 1. The molecule has 1 unspecified atom stereocenters. The summed E-state index contributed by atoms with van der Waals surface area (Å²) in [4.78, 5) is 14.2. The molecule has 2 N–H and O–H groups in total. The van der Waals surface area contributed by atoms with Gasteiger partial charge >= 0.3 is 0 Å². The summed E-state index contributed by atoms with van der Waals surface area (Å²) in [5.41, 5.74) is 5.60. The first-order valence-corrected chi connectivity index (χ1v) is 5.41. The topological polar surface area (TPSA) is 90.8 Å². The van der Waals surface area contributed by atoms with Crippen LogP contribution in [0, 0.1) is 15.9 Å². The van der Waals surface area contributed by atoms with Gasteiger partial charge in [-0.3, -0.25) is 15.1 Å². The zero-order valence-electron chi connectivity index (χ0n) is 9.51. The van der Waals surface area contributed by atoms with Crippen LogP contribution in [0.2, 0.25) is 0 Å². The van der Waals surface area contributed by atoms with Gasteiger partial charge in [-0.2, -0.15) is 0 Å². The smallest absolute Gasteiger partial charge is 0.269 e. The molecule has 1 aliphatic rings. The maximum atomic E-state index is 13.7. The Balaban J connectivity index is 2.39. The maximum Gasteiger partial charge on any atom is 0.269 e. The third kappa shape index (κ3) is 2.62. The number of nitro groups is 1. The van der Waals surface area contributed by atoms with E-state index in [0.717, 1.165) is 12.1 Å². The first-order valence-electron chi connectivity index (χ1n) is 5.41. The minimum Gasteiger partial charge on any atom is -0.386 e. The molecule has 0 fully saturated rings. The minimum atomic E-state index is -0.566. The zero-order valence-corrected chi connectivity index (χ0v) is 9.51. The molecule has 1 aromatic carbocycles. The summed E-state index contributed by atoms with van der Waals surface area (Å²) in [6.45, 7) is 0.587. The highest BCUT2D eigenvalue weighted by Crippen LogP contribution is 2.28. The number of ether oxygens (including phenoxy) is 1. The van der Waals surface area contributed by atoms with Gasteiger partial charge in [0.1, 0.15) is 18.3 Å². The van der Waals surface area contributed by atoms with E-state index in [-0.39, 0.29) is 23.7 Å². The van der Waals surface area contributed by atoms with E-state index in [1.807, 2.05) is 0 Å². The van der Waals surface area contributed by atoms with Crippen molar-refractivity contribution in [1.82, 2.24) is 0 Å². The van der Waals surface area contributed by atoms with Gasteiger partial charge in [0.2, 0.25) is 0 Å². The van der Waals surface area contributed by atoms with Crippen molar-refractivity contribution in [3.8, 4) is 0 Å². The summed E-state index contributed by atoms with van der Waals surface area (Å²) < 4.78 is 18.9. The number of amidine groups is 1. The lowest BCUT2D eigenvalue weighted by atomic mass is 10.0. The van der Waals surface area contributed by atoms with Crippen molar-refractivity contribution < 1.29 is 14.1 Å². The lowest BCUT2D eigenvalue weighted by molar-refractivity contribution is -0.385. The molecule has 1 atom stereocenters. The Morgan fingerprint density at radius 1 is 1.56 bits per heavy atom. The molecule has 6 nitrogen and oxygen atoms in total. The fourth-order valence-corrected chi connectivity index (χ4v) is 1.80. The summed E-state index contributed by atoms with van der Waals surface area (Å²) in [6.07, 6.45) is 0.443. The number of nitro benzene ring substituents is 1. The zero-order chi connectivity index (χ0) is 13.1. The Kier molecular flexibility index (Phi) is 3.52. The van der Waals surface area contributed by atoms with Crippen molar-refractivity contribution in [2.45, 2.75) is 12.5 Å². The summed E-state index contributed by atoms with van der Waals surface area (Å²) in [7, 11) is 0. The quantitative estimate of drug-likeness (QED) is 0.639. The van der Waals surface area contributed by atoms with Crippen LogP contribution < -0.4 is 5.73 Å². The van der Waals surface area contributed by atoms with Gasteiger partial charge in [-0.05, 0) is 12.5 Å². The summed E-state index contributed by atoms with van der Waals surface area (Å²) >= 11 is 0. The predicted octanol–water partition coefficient (Wildman–Crippen LogP) is 1.55. The van der Waals surface area contributed by atoms with Crippen LogP contribution in [0.25, 0.3) is 0 Å². The third-order valence-corrected chi connectivity index (χ3v) is 2.66. The lowest BCUT2D eigenvalue weighted by Crippen LogP contribution is -2.17. The molecule has 7 heteroatoms. The van der Waals surface area contributed by atoms with Gasteiger partial charge in [0.25, 0.3) is 5.69 Å². The highest BCUT2D eigenvalue weighted by Gasteiger charge is 2.20. The van der Waals surface area contributed by atoms with E-state index < -0.39 is 16.8 Å². The molecule has 0 aromatic heterocycles. The fourth-order valence-electron chi connectivity index (χ4n) is 1.80. The molecule has 1 aromatic rings.